The van der Waals surface area contributed by atoms with E-state index in [9.17, 15) is 0 Å². The molecule has 0 saturated carbocycles. The van der Waals surface area contributed by atoms with Crippen molar-refractivity contribution in [3.8, 4) is 5.75 Å². The van der Waals surface area contributed by atoms with E-state index in [0.717, 1.165) is 35.3 Å². The summed E-state index contributed by atoms with van der Waals surface area (Å²) in [5.74, 6) is 1.92. The summed E-state index contributed by atoms with van der Waals surface area (Å²) in [5.41, 5.74) is 14.5. The van der Waals surface area contributed by atoms with Crippen LogP contribution in [0, 0.1) is 0 Å². The van der Waals surface area contributed by atoms with Crippen molar-refractivity contribution in [3.05, 3.63) is 35.3 Å². The molecule has 0 amide bonds. The first-order chi connectivity index (χ1) is 9.63. The molecule has 5 heteroatoms. The molecule has 2 rings (SSSR count). The zero-order chi connectivity index (χ0) is 14.5. The summed E-state index contributed by atoms with van der Waals surface area (Å²) in [6, 6.07) is 0. The average molecular weight is 272 g/mol. The molecule has 0 bridgehead atoms. The molecule has 0 saturated heterocycles. The molecule has 4 N–H and O–H groups in total. The highest BCUT2D eigenvalue weighted by atomic mass is 16.5. The standard InChI is InChI=1S/C15H20N4O/c1-3-4-13(16)18-7-5-10(2)12-9-19-15(17)11-6-8-20-14(11)12/h4-5,7,9H,3,6,8,16H2,1-2H3,(H2,17,19)/b10-5+,13-4+,18-7-. The van der Waals surface area contributed by atoms with Crippen LogP contribution in [0.3, 0.4) is 0 Å². The van der Waals surface area contributed by atoms with Crippen LogP contribution in [-0.2, 0) is 6.42 Å². The number of allylic oxidation sites excluding steroid dienone is 3. The maximum absolute atomic E-state index is 5.85. The molecule has 2 heterocycles. The van der Waals surface area contributed by atoms with Gasteiger partial charge in [0.2, 0.25) is 0 Å². The molecule has 20 heavy (non-hydrogen) atoms. The van der Waals surface area contributed by atoms with Gasteiger partial charge < -0.3 is 16.2 Å². The van der Waals surface area contributed by atoms with Crippen LogP contribution >= 0.6 is 0 Å². The second-order valence-electron chi connectivity index (χ2n) is 4.63. The van der Waals surface area contributed by atoms with Gasteiger partial charge in [0.1, 0.15) is 17.4 Å². The fourth-order valence-corrected chi connectivity index (χ4v) is 2.08. The van der Waals surface area contributed by atoms with Crippen LogP contribution in [0.4, 0.5) is 5.82 Å². The number of hydrogen-bond donors (Lipinski definition) is 2. The van der Waals surface area contributed by atoms with E-state index in [1.165, 1.54) is 0 Å². The third kappa shape index (κ3) is 2.99. The molecule has 1 aromatic rings. The Morgan fingerprint density at radius 2 is 2.35 bits per heavy atom. The Morgan fingerprint density at radius 3 is 3.10 bits per heavy atom. The average Bonchev–Trinajstić information content (AvgIpc) is 2.89. The summed E-state index contributed by atoms with van der Waals surface area (Å²) >= 11 is 0. The van der Waals surface area contributed by atoms with Gasteiger partial charge in [0, 0.05) is 30.0 Å². The van der Waals surface area contributed by atoms with E-state index >= 15 is 0 Å². The molecule has 0 aliphatic carbocycles. The number of ether oxygens (including phenoxy) is 1. The Kier molecular flexibility index (Phi) is 4.40. The smallest absolute Gasteiger partial charge is 0.135 e. The van der Waals surface area contributed by atoms with Crippen LogP contribution in [0.5, 0.6) is 5.75 Å². The highest BCUT2D eigenvalue weighted by Gasteiger charge is 2.20. The zero-order valence-electron chi connectivity index (χ0n) is 11.9. The van der Waals surface area contributed by atoms with Gasteiger partial charge in [-0.2, -0.15) is 0 Å². The monoisotopic (exact) mass is 272 g/mol. The minimum atomic E-state index is 0.522. The van der Waals surface area contributed by atoms with Crippen molar-refractivity contribution in [2.24, 2.45) is 10.7 Å². The van der Waals surface area contributed by atoms with Gasteiger partial charge in [0.25, 0.3) is 0 Å². The Morgan fingerprint density at radius 1 is 1.55 bits per heavy atom. The lowest BCUT2D eigenvalue weighted by Gasteiger charge is -2.08. The molecule has 0 radical (unpaired) electrons. The van der Waals surface area contributed by atoms with Crippen molar-refractivity contribution >= 4 is 17.6 Å². The topological polar surface area (TPSA) is 86.5 Å². The normalized spacial score (nSPS) is 15.5. The minimum absolute atomic E-state index is 0.522. The van der Waals surface area contributed by atoms with E-state index in [2.05, 4.69) is 9.98 Å². The first-order valence-electron chi connectivity index (χ1n) is 6.70. The fraction of sp³-hybridized carbons (Fsp3) is 0.333. The molecule has 0 aromatic carbocycles. The number of nitrogens with zero attached hydrogens (tertiary/aromatic N) is 2. The fourth-order valence-electron chi connectivity index (χ4n) is 2.08. The van der Waals surface area contributed by atoms with Gasteiger partial charge in [-0.05, 0) is 31.1 Å². The van der Waals surface area contributed by atoms with Gasteiger partial charge >= 0.3 is 0 Å². The summed E-state index contributed by atoms with van der Waals surface area (Å²) in [6.45, 7) is 4.66. The van der Waals surface area contributed by atoms with Crippen molar-refractivity contribution in [2.75, 3.05) is 12.3 Å². The quantitative estimate of drug-likeness (QED) is 0.823. The second-order valence-corrected chi connectivity index (χ2v) is 4.63. The van der Waals surface area contributed by atoms with Gasteiger partial charge in [-0.1, -0.05) is 6.92 Å². The highest BCUT2D eigenvalue weighted by Crippen LogP contribution is 2.35. The van der Waals surface area contributed by atoms with Gasteiger partial charge in [-0.15, -0.1) is 0 Å². The second kappa shape index (κ2) is 6.23. The van der Waals surface area contributed by atoms with E-state index in [1.807, 2.05) is 26.0 Å². The van der Waals surface area contributed by atoms with E-state index in [4.69, 9.17) is 16.2 Å². The van der Waals surface area contributed by atoms with Crippen LogP contribution in [0.15, 0.2) is 29.2 Å². The van der Waals surface area contributed by atoms with Crippen LogP contribution in [-0.4, -0.2) is 17.8 Å². The summed E-state index contributed by atoms with van der Waals surface area (Å²) in [7, 11) is 0. The van der Waals surface area contributed by atoms with Crippen molar-refractivity contribution in [1.29, 1.82) is 0 Å². The summed E-state index contributed by atoms with van der Waals surface area (Å²) in [5, 5.41) is 0. The number of aliphatic imine (C=N–C) groups is 1. The third-order valence-corrected chi connectivity index (χ3v) is 3.15. The molecule has 0 unspecified atom stereocenters. The molecule has 0 spiro atoms. The Hall–Kier alpha value is -2.30. The lowest BCUT2D eigenvalue weighted by Crippen LogP contribution is -1.97. The maximum atomic E-state index is 5.85. The molecule has 1 aliphatic rings. The number of anilines is 1. The van der Waals surface area contributed by atoms with Crippen molar-refractivity contribution in [3.63, 3.8) is 0 Å². The van der Waals surface area contributed by atoms with E-state index in [0.29, 0.717) is 18.2 Å². The number of fused-ring (bicyclic) bond motifs is 1. The van der Waals surface area contributed by atoms with E-state index < -0.39 is 0 Å². The lowest BCUT2D eigenvalue weighted by atomic mass is 10.0. The highest BCUT2D eigenvalue weighted by molar-refractivity contribution is 5.86. The number of hydrogen-bond acceptors (Lipinski definition) is 5. The van der Waals surface area contributed by atoms with Crippen molar-refractivity contribution in [2.45, 2.75) is 26.7 Å². The number of aromatic nitrogens is 1. The number of rotatable bonds is 4. The molecular weight excluding hydrogens is 252 g/mol. The molecule has 0 atom stereocenters. The van der Waals surface area contributed by atoms with Gasteiger partial charge in [-0.25, -0.2) is 9.98 Å². The predicted molar refractivity (Wildman–Crippen MR) is 82.6 cm³/mol. The van der Waals surface area contributed by atoms with Crippen LogP contribution in [0.2, 0.25) is 0 Å². The molecule has 1 aliphatic heterocycles. The molecule has 1 aromatic heterocycles. The van der Waals surface area contributed by atoms with Crippen molar-refractivity contribution in [1.82, 2.24) is 4.98 Å². The van der Waals surface area contributed by atoms with Gasteiger partial charge in [0.15, 0.2) is 0 Å². The predicted octanol–water partition coefficient (Wildman–Crippen LogP) is 2.28. The third-order valence-electron chi connectivity index (χ3n) is 3.15. The SMILES string of the molecule is CC/C=C(N)/N=C\C=C(/C)c1cnc(N)c2c1OCC2. The van der Waals surface area contributed by atoms with Crippen LogP contribution in [0.1, 0.15) is 31.4 Å². The molecule has 5 nitrogen and oxygen atoms in total. The van der Waals surface area contributed by atoms with Gasteiger partial charge in [0.05, 0.1) is 6.61 Å². The minimum Gasteiger partial charge on any atom is -0.492 e. The first-order valence-corrected chi connectivity index (χ1v) is 6.70. The number of pyridine rings is 1. The Balaban J connectivity index is 2.24. The molecule has 106 valence electrons. The Bertz CT molecular complexity index is 588. The summed E-state index contributed by atoms with van der Waals surface area (Å²) in [6.07, 6.45) is 8.88. The van der Waals surface area contributed by atoms with E-state index in [1.54, 1.807) is 12.4 Å². The molecule has 0 fully saturated rings. The number of nitrogen functional groups attached to an aromatic ring is 1. The number of nitrogens with two attached hydrogens (primary N) is 2. The largest absolute Gasteiger partial charge is 0.492 e. The zero-order valence-corrected chi connectivity index (χ0v) is 11.9. The maximum Gasteiger partial charge on any atom is 0.135 e. The molecular formula is C15H20N4O. The first kappa shape index (κ1) is 14.1. The van der Waals surface area contributed by atoms with Crippen LogP contribution < -0.4 is 16.2 Å². The van der Waals surface area contributed by atoms with Gasteiger partial charge in [-0.3, -0.25) is 0 Å². The van der Waals surface area contributed by atoms with Crippen molar-refractivity contribution < 1.29 is 4.74 Å². The van der Waals surface area contributed by atoms with Crippen LogP contribution in [0.25, 0.3) is 5.57 Å². The van der Waals surface area contributed by atoms with E-state index in [-0.39, 0.29) is 0 Å². The summed E-state index contributed by atoms with van der Waals surface area (Å²) in [4.78, 5) is 8.36. The Labute approximate surface area is 119 Å². The summed E-state index contributed by atoms with van der Waals surface area (Å²) < 4.78 is 5.66. The lowest BCUT2D eigenvalue weighted by molar-refractivity contribution is 0.356.